The number of amides is 2. The van der Waals surface area contributed by atoms with Gasteiger partial charge in [0.2, 0.25) is 0 Å². The molecule has 2 rings (SSSR count). The van der Waals surface area contributed by atoms with Crippen molar-refractivity contribution in [1.82, 2.24) is 5.32 Å². The molecule has 0 atom stereocenters. The third-order valence-corrected chi connectivity index (χ3v) is 2.96. The Hall–Kier alpha value is -2.89. The van der Waals surface area contributed by atoms with Crippen LogP contribution >= 0.6 is 0 Å². The number of para-hydroxylation sites is 4. The molecule has 0 spiro atoms. The van der Waals surface area contributed by atoms with Crippen LogP contribution in [0.25, 0.3) is 0 Å². The molecule has 0 aliphatic carbocycles. The van der Waals surface area contributed by atoms with Crippen LogP contribution in [0.4, 0.5) is 10.5 Å². The van der Waals surface area contributed by atoms with Crippen LogP contribution in [0.1, 0.15) is 6.92 Å². The van der Waals surface area contributed by atoms with E-state index in [1.165, 1.54) is 0 Å². The van der Waals surface area contributed by atoms with E-state index in [1.54, 1.807) is 25.3 Å². The van der Waals surface area contributed by atoms with E-state index in [-0.39, 0.29) is 12.8 Å². The first kappa shape index (κ1) is 16.5. The molecule has 0 aliphatic heterocycles. The lowest BCUT2D eigenvalue weighted by molar-refractivity contribution is 0.229. The number of rotatable bonds is 7. The summed E-state index contributed by atoms with van der Waals surface area (Å²) in [5, 5.41) is 5.32. The molecule has 2 aromatic rings. The minimum absolute atomic E-state index is 0.0189. The van der Waals surface area contributed by atoms with Gasteiger partial charge in [-0.1, -0.05) is 24.3 Å². The first-order chi connectivity index (χ1) is 11.2. The van der Waals surface area contributed by atoms with Crippen molar-refractivity contribution in [2.75, 3.05) is 25.8 Å². The molecule has 2 aromatic carbocycles. The molecule has 0 saturated carbocycles. The summed E-state index contributed by atoms with van der Waals surface area (Å²) in [6.07, 6.45) is 0. The Labute approximate surface area is 135 Å². The zero-order valence-electron chi connectivity index (χ0n) is 13.2. The summed E-state index contributed by atoms with van der Waals surface area (Å²) in [6, 6.07) is 14.1. The van der Waals surface area contributed by atoms with Gasteiger partial charge in [-0.2, -0.15) is 0 Å². The maximum atomic E-state index is 11.9. The van der Waals surface area contributed by atoms with Gasteiger partial charge in [0.1, 0.15) is 5.75 Å². The molecule has 122 valence electrons. The van der Waals surface area contributed by atoms with Gasteiger partial charge in [0.25, 0.3) is 0 Å². The first-order valence-electron chi connectivity index (χ1n) is 7.27. The van der Waals surface area contributed by atoms with Crippen LogP contribution < -0.4 is 24.8 Å². The summed E-state index contributed by atoms with van der Waals surface area (Å²) in [4.78, 5) is 11.9. The lowest BCUT2D eigenvalue weighted by Gasteiger charge is -2.13. The van der Waals surface area contributed by atoms with E-state index >= 15 is 0 Å². The highest BCUT2D eigenvalue weighted by Gasteiger charge is 2.07. The van der Waals surface area contributed by atoms with Gasteiger partial charge in [-0.3, -0.25) is 0 Å². The van der Waals surface area contributed by atoms with E-state index in [0.29, 0.717) is 29.5 Å². The highest BCUT2D eigenvalue weighted by Crippen LogP contribution is 2.26. The minimum Gasteiger partial charge on any atom is -0.495 e. The number of methoxy groups -OCH3 is 1. The Balaban J connectivity index is 1.85. The molecule has 2 amide bonds. The van der Waals surface area contributed by atoms with E-state index in [9.17, 15) is 4.79 Å². The van der Waals surface area contributed by atoms with Gasteiger partial charge in [0.05, 0.1) is 19.4 Å². The summed E-state index contributed by atoms with van der Waals surface area (Å²) >= 11 is 0. The summed E-state index contributed by atoms with van der Waals surface area (Å²) in [6.45, 7) is 2.46. The number of ether oxygens (including phenoxy) is 3. The zero-order valence-corrected chi connectivity index (χ0v) is 13.2. The maximum Gasteiger partial charge on any atom is 0.321 e. The summed E-state index contributed by atoms with van der Waals surface area (Å²) in [5.74, 6) is 1.80. The van der Waals surface area contributed by atoms with Crippen LogP contribution in [0.5, 0.6) is 17.2 Å². The van der Waals surface area contributed by atoms with Crippen LogP contribution in [-0.4, -0.2) is 26.5 Å². The van der Waals surface area contributed by atoms with Crippen molar-refractivity contribution in [2.24, 2.45) is 0 Å². The topological polar surface area (TPSA) is 68.8 Å². The molecular formula is C17H20N2O4. The van der Waals surface area contributed by atoms with E-state index in [1.807, 2.05) is 37.3 Å². The summed E-state index contributed by atoms with van der Waals surface area (Å²) < 4.78 is 16.1. The third kappa shape index (κ3) is 4.81. The molecule has 0 bridgehead atoms. The molecule has 0 aromatic heterocycles. The molecule has 23 heavy (non-hydrogen) atoms. The highest BCUT2D eigenvalue weighted by molar-refractivity contribution is 5.90. The Morgan fingerprint density at radius 1 is 0.957 bits per heavy atom. The van der Waals surface area contributed by atoms with Gasteiger partial charge in [-0.15, -0.1) is 0 Å². The monoisotopic (exact) mass is 316 g/mol. The van der Waals surface area contributed by atoms with Gasteiger partial charge in [-0.05, 0) is 31.2 Å². The number of benzene rings is 2. The lowest BCUT2D eigenvalue weighted by atomic mass is 10.3. The van der Waals surface area contributed by atoms with Crippen LogP contribution in [0.3, 0.4) is 0 Å². The van der Waals surface area contributed by atoms with E-state index in [4.69, 9.17) is 14.2 Å². The lowest BCUT2D eigenvalue weighted by Crippen LogP contribution is -2.32. The second-order valence-electron chi connectivity index (χ2n) is 4.50. The van der Waals surface area contributed by atoms with E-state index < -0.39 is 0 Å². The van der Waals surface area contributed by atoms with Crippen molar-refractivity contribution < 1.29 is 19.0 Å². The van der Waals surface area contributed by atoms with Gasteiger partial charge >= 0.3 is 6.03 Å². The van der Waals surface area contributed by atoms with Crippen molar-refractivity contribution in [1.29, 1.82) is 0 Å². The maximum absolute atomic E-state index is 11.9. The Bertz CT molecular complexity index is 646. The number of carbonyl (C=O) groups excluding carboxylic acids is 1. The van der Waals surface area contributed by atoms with Crippen LogP contribution in [-0.2, 0) is 0 Å². The van der Waals surface area contributed by atoms with Gasteiger partial charge in [0, 0.05) is 0 Å². The molecular weight excluding hydrogens is 296 g/mol. The number of urea groups is 1. The standard InChI is InChI=1S/C17H20N2O4/c1-3-22-15-10-6-7-11-16(15)23-12-18-17(20)19-13-8-4-5-9-14(13)21-2/h4-11H,3,12H2,1-2H3,(H2,18,19,20). The number of anilines is 1. The SMILES string of the molecule is CCOc1ccccc1OCNC(=O)Nc1ccccc1OC. The molecule has 2 N–H and O–H groups in total. The number of nitrogens with one attached hydrogen (secondary N) is 2. The van der Waals surface area contributed by atoms with Gasteiger partial charge in [-0.25, -0.2) is 4.79 Å². The quantitative estimate of drug-likeness (QED) is 0.769. The van der Waals surface area contributed by atoms with Crippen molar-refractivity contribution in [3.63, 3.8) is 0 Å². The fourth-order valence-corrected chi connectivity index (χ4v) is 1.94. The van der Waals surface area contributed by atoms with Crippen LogP contribution in [0.2, 0.25) is 0 Å². The fraction of sp³-hybridized carbons (Fsp3) is 0.235. The summed E-state index contributed by atoms with van der Waals surface area (Å²) in [5.41, 5.74) is 0.585. The average molecular weight is 316 g/mol. The Kier molecular flexibility index (Phi) is 6.11. The average Bonchev–Trinajstić information content (AvgIpc) is 2.57. The van der Waals surface area contributed by atoms with Gasteiger partial charge in [0.15, 0.2) is 18.2 Å². The predicted molar refractivity (Wildman–Crippen MR) is 88.3 cm³/mol. The van der Waals surface area contributed by atoms with E-state index in [0.717, 1.165) is 0 Å². The highest BCUT2D eigenvalue weighted by atomic mass is 16.5. The number of carbonyl (C=O) groups is 1. The molecule has 0 fully saturated rings. The minimum atomic E-state index is -0.386. The van der Waals surface area contributed by atoms with Crippen molar-refractivity contribution in [2.45, 2.75) is 6.92 Å². The van der Waals surface area contributed by atoms with E-state index in [2.05, 4.69) is 10.6 Å². The van der Waals surface area contributed by atoms with Crippen LogP contribution in [0.15, 0.2) is 48.5 Å². The molecule has 6 heteroatoms. The molecule has 0 unspecified atom stereocenters. The fourth-order valence-electron chi connectivity index (χ4n) is 1.94. The van der Waals surface area contributed by atoms with Crippen molar-refractivity contribution in [3.05, 3.63) is 48.5 Å². The Morgan fingerprint density at radius 2 is 1.57 bits per heavy atom. The molecule has 0 radical (unpaired) electrons. The molecule has 0 heterocycles. The second-order valence-corrected chi connectivity index (χ2v) is 4.50. The van der Waals surface area contributed by atoms with Crippen molar-refractivity contribution >= 4 is 11.7 Å². The summed E-state index contributed by atoms with van der Waals surface area (Å²) in [7, 11) is 1.55. The normalized spacial score (nSPS) is 9.83. The predicted octanol–water partition coefficient (Wildman–Crippen LogP) is 3.25. The number of hydrogen-bond donors (Lipinski definition) is 2. The molecule has 6 nitrogen and oxygen atoms in total. The Morgan fingerprint density at radius 3 is 2.22 bits per heavy atom. The largest absolute Gasteiger partial charge is 0.495 e. The molecule has 0 aliphatic rings. The smallest absolute Gasteiger partial charge is 0.321 e. The zero-order chi connectivity index (χ0) is 16.5. The molecule has 0 saturated heterocycles. The second kappa shape index (κ2) is 8.53. The van der Waals surface area contributed by atoms with Crippen LogP contribution in [0, 0.1) is 0 Å². The van der Waals surface area contributed by atoms with Gasteiger partial charge < -0.3 is 24.8 Å². The van der Waals surface area contributed by atoms with Crippen molar-refractivity contribution in [3.8, 4) is 17.2 Å². The third-order valence-electron chi connectivity index (χ3n) is 2.96. The number of hydrogen-bond acceptors (Lipinski definition) is 4. The first-order valence-corrected chi connectivity index (χ1v) is 7.27.